The molecule has 1 aliphatic rings. The third kappa shape index (κ3) is 4.07. The van der Waals surface area contributed by atoms with Gasteiger partial charge in [-0.25, -0.2) is 0 Å². The Hall–Kier alpha value is -4.77. The second-order valence-electron chi connectivity index (χ2n) is 10.0. The maximum atomic E-state index is 14.2. The smallest absolute Gasteiger partial charge is 0.262 e. The standard InChI is InChI=1S/C34H28N2O3/c1-3-4-20-36-27-19-18-26(35-23-16-14-21(2)15-17-23)29-30(27)28(24-12-8-9-13-25(24)33(29)38)31(34(36)39)32(37)22-10-6-5-7-11-22/h5-19,35H,3-4,20H2,1-2H3. The summed E-state index contributed by atoms with van der Waals surface area (Å²) in [5, 5.41) is 4.07. The molecule has 1 aromatic heterocycles. The first-order valence-electron chi connectivity index (χ1n) is 13.3. The fourth-order valence-corrected chi connectivity index (χ4v) is 5.46. The number of aromatic nitrogens is 1. The lowest BCUT2D eigenvalue weighted by atomic mass is 9.80. The van der Waals surface area contributed by atoms with Crippen molar-refractivity contribution in [3.05, 3.63) is 129 Å². The maximum Gasteiger partial charge on any atom is 0.262 e. The van der Waals surface area contributed by atoms with E-state index in [2.05, 4.69) is 12.2 Å². The third-order valence-corrected chi connectivity index (χ3v) is 7.43. The highest BCUT2D eigenvalue weighted by Crippen LogP contribution is 2.44. The highest BCUT2D eigenvalue weighted by Gasteiger charge is 2.34. The van der Waals surface area contributed by atoms with Crippen molar-refractivity contribution in [3.63, 3.8) is 0 Å². The summed E-state index contributed by atoms with van der Waals surface area (Å²) in [6.45, 7) is 4.55. The maximum absolute atomic E-state index is 14.2. The first kappa shape index (κ1) is 24.6. The summed E-state index contributed by atoms with van der Waals surface area (Å²) in [6.07, 6.45) is 1.66. The molecule has 1 heterocycles. The molecule has 0 spiro atoms. The molecule has 1 aliphatic carbocycles. The number of pyridine rings is 1. The van der Waals surface area contributed by atoms with Gasteiger partial charge in [0.1, 0.15) is 0 Å². The van der Waals surface area contributed by atoms with Crippen molar-refractivity contribution in [2.24, 2.45) is 0 Å². The number of aryl methyl sites for hydroxylation is 2. The van der Waals surface area contributed by atoms with E-state index in [0.717, 1.165) is 24.1 Å². The average Bonchev–Trinajstić information content (AvgIpc) is 2.97. The SMILES string of the molecule is CCCCn1c(=O)c(C(=O)c2ccccc2)c2c3c(c(Nc4ccc(C)cc4)ccc31)C(=O)c1ccccc1-2. The number of carbonyl (C=O) groups is 2. The number of nitrogens with one attached hydrogen (secondary N) is 1. The summed E-state index contributed by atoms with van der Waals surface area (Å²) < 4.78 is 1.68. The second kappa shape index (κ2) is 9.84. The molecule has 5 heteroatoms. The van der Waals surface area contributed by atoms with Gasteiger partial charge >= 0.3 is 0 Å². The third-order valence-electron chi connectivity index (χ3n) is 7.43. The summed E-state index contributed by atoms with van der Waals surface area (Å²) in [5.41, 5.74) is 5.64. The Bertz CT molecular complexity index is 1820. The van der Waals surface area contributed by atoms with Gasteiger partial charge in [-0.3, -0.25) is 14.4 Å². The number of nitrogens with zero attached hydrogens (tertiary/aromatic N) is 1. The first-order valence-corrected chi connectivity index (χ1v) is 13.3. The molecule has 4 aromatic carbocycles. The molecule has 0 fully saturated rings. The molecule has 5 nitrogen and oxygen atoms in total. The zero-order chi connectivity index (χ0) is 27.1. The molecule has 6 rings (SSSR count). The van der Waals surface area contributed by atoms with E-state index < -0.39 is 0 Å². The second-order valence-corrected chi connectivity index (χ2v) is 10.0. The van der Waals surface area contributed by atoms with Crippen LogP contribution in [0.4, 0.5) is 11.4 Å². The predicted molar refractivity (Wildman–Crippen MR) is 156 cm³/mol. The van der Waals surface area contributed by atoms with E-state index in [0.29, 0.717) is 51.0 Å². The van der Waals surface area contributed by atoms with Crippen molar-refractivity contribution in [3.8, 4) is 11.1 Å². The molecule has 0 saturated carbocycles. The topological polar surface area (TPSA) is 68.2 Å². The lowest BCUT2D eigenvalue weighted by molar-refractivity contribution is 0.102. The van der Waals surface area contributed by atoms with Crippen LogP contribution in [-0.4, -0.2) is 16.1 Å². The van der Waals surface area contributed by atoms with Crippen LogP contribution >= 0.6 is 0 Å². The molecule has 192 valence electrons. The van der Waals surface area contributed by atoms with Crippen LogP contribution in [0.15, 0.2) is 95.8 Å². The van der Waals surface area contributed by atoms with Crippen LogP contribution in [0.3, 0.4) is 0 Å². The summed E-state index contributed by atoms with van der Waals surface area (Å²) in [7, 11) is 0. The number of hydrogen-bond acceptors (Lipinski definition) is 4. The van der Waals surface area contributed by atoms with Crippen LogP contribution < -0.4 is 10.9 Å². The Morgan fingerprint density at radius 1 is 0.795 bits per heavy atom. The minimum absolute atomic E-state index is 0.110. The van der Waals surface area contributed by atoms with Crippen molar-refractivity contribution in [2.45, 2.75) is 33.2 Å². The van der Waals surface area contributed by atoms with Gasteiger partial charge < -0.3 is 9.88 Å². The number of rotatable bonds is 7. The number of fused-ring (bicyclic) bond motifs is 2. The van der Waals surface area contributed by atoms with Crippen molar-refractivity contribution in [1.82, 2.24) is 4.57 Å². The minimum Gasteiger partial charge on any atom is -0.355 e. The van der Waals surface area contributed by atoms with Crippen molar-refractivity contribution in [2.75, 3.05) is 5.32 Å². The van der Waals surface area contributed by atoms with Gasteiger partial charge in [0, 0.05) is 34.3 Å². The molecule has 39 heavy (non-hydrogen) atoms. The van der Waals surface area contributed by atoms with Gasteiger partial charge in [0.25, 0.3) is 5.56 Å². The monoisotopic (exact) mass is 512 g/mol. The average molecular weight is 513 g/mol. The number of unbranched alkanes of at least 4 members (excludes halogenated alkanes) is 1. The van der Waals surface area contributed by atoms with E-state index in [-0.39, 0.29) is 22.7 Å². The van der Waals surface area contributed by atoms with Crippen molar-refractivity contribution in [1.29, 1.82) is 0 Å². The zero-order valence-electron chi connectivity index (χ0n) is 22.0. The Balaban J connectivity index is 1.73. The van der Waals surface area contributed by atoms with Crippen LogP contribution in [-0.2, 0) is 6.54 Å². The lowest BCUT2D eigenvalue weighted by Crippen LogP contribution is -2.30. The quantitative estimate of drug-likeness (QED) is 0.228. The highest BCUT2D eigenvalue weighted by atomic mass is 16.1. The molecule has 0 radical (unpaired) electrons. The fraction of sp³-hybridized carbons (Fsp3) is 0.147. The molecular weight excluding hydrogens is 484 g/mol. The largest absolute Gasteiger partial charge is 0.355 e. The molecule has 0 unspecified atom stereocenters. The minimum atomic E-state index is -0.338. The van der Waals surface area contributed by atoms with Crippen LogP contribution in [0, 0.1) is 6.92 Å². The molecule has 0 aliphatic heterocycles. The Morgan fingerprint density at radius 3 is 2.21 bits per heavy atom. The van der Waals surface area contributed by atoms with Crippen LogP contribution in [0.25, 0.3) is 22.0 Å². The van der Waals surface area contributed by atoms with E-state index in [1.807, 2.05) is 67.6 Å². The van der Waals surface area contributed by atoms with Crippen LogP contribution in [0.1, 0.15) is 57.2 Å². The molecule has 5 aromatic rings. The number of ketones is 2. The van der Waals surface area contributed by atoms with Gasteiger partial charge in [-0.1, -0.05) is 85.6 Å². The van der Waals surface area contributed by atoms with E-state index >= 15 is 0 Å². The predicted octanol–water partition coefficient (Wildman–Crippen LogP) is 7.30. The van der Waals surface area contributed by atoms with E-state index in [4.69, 9.17) is 0 Å². The Kier molecular flexibility index (Phi) is 6.20. The van der Waals surface area contributed by atoms with E-state index in [9.17, 15) is 14.4 Å². The van der Waals surface area contributed by atoms with Crippen molar-refractivity contribution < 1.29 is 9.59 Å². The first-order chi connectivity index (χ1) is 19.0. The molecule has 0 amide bonds. The van der Waals surface area contributed by atoms with Gasteiger partial charge in [-0.15, -0.1) is 0 Å². The van der Waals surface area contributed by atoms with Gasteiger partial charge in [0.15, 0.2) is 11.6 Å². The summed E-state index contributed by atoms with van der Waals surface area (Å²) >= 11 is 0. The Morgan fingerprint density at radius 2 is 1.49 bits per heavy atom. The van der Waals surface area contributed by atoms with Crippen molar-refractivity contribution >= 4 is 33.8 Å². The molecule has 0 bridgehead atoms. The summed E-state index contributed by atoms with van der Waals surface area (Å²) in [5.74, 6) is -0.466. The normalized spacial score (nSPS) is 11.9. The van der Waals surface area contributed by atoms with Crippen LogP contribution in [0.5, 0.6) is 0 Å². The Labute approximate surface area is 226 Å². The number of carbonyl (C=O) groups excluding carboxylic acids is 2. The number of anilines is 2. The number of hydrogen-bond donors (Lipinski definition) is 1. The fourth-order valence-electron chi connectivity index (χ4n) is 5.46. The molecular formula is C34H28N2O3. The summed E-state index contributed by atoms with van der Waals surface area (Å²) in [4.78, 5) is 42.3. The van der Waals surface area contributed by atoms with Gasteiger partial charge in [0.05, 0.1) is 22.3 Å². The van der Waals surface area contributed by atoms with Gasteiger partial charge in [-0.05, 0) is 43.2 Å². The van der Waals surface area contributed by atoms with Crippen LogP contribution in [0.2, 0.25) is 0 Å². The summed E-state index contributed by atoms with van der Waals surface area (Å²) in [6, 6.07) is 27.9. The molecule has 0 atom stereocenters. The molecule has 1 N–H and O–H groups in total. The number of benzene rings is 4. The molecule has 0 saturated heterocycles. The van der Waals surface area contributed by atoms with E-state index in [1.165, 1.54) is 0 Å². The lowest BCUT2D eigenvalue weighted by Gasteiger charge is -2.26. The van der Waals surface area contributed by atoms with Gasteiger partial charge in [-0.2, -0.15) is 0 Å². The highest BCUT2D eigenvalue weighted by molar-refractivity contribution is 6.31. The van der Waals surface area contributed by atoms with E-state index in [1.54, 1.807) is 34.9 Å². The van der Waals surface area contributed by atoms with Gasteiger partial charge in [0.2, 0.25) is 0 Å². The zero-order valence-corrected chi connectivity index (χ0v) is 22.0.